The number of hydrogen-bond acceptors (Lipinski definition) is 3. The van der Waals surface area contributed by atoms with E-state index in [0.29, 0.717) is 4.90 Å². The fourth-order valence-electron chi connectivity index (χ4n) is 1.98. The Balaban J connectivity index is 2.60. The molecule has 0 radical (unpaired) electrons. The number of amides is 1. The first kappa shape index (κ1) is 17.1. The van der Waals surface area contributed by atoms with Crippen LogP contribution in [-0.4, -0.2) is 71.2 Å². The molecule has 0 unspecified atom stereocenters. The Labute approximate surface area is 113 Å². The van der Waals surface area contributed by atoms with Crippen molar-refractivity contribution < 1.29 is 31.9 Å². The summed E-state index contributed by atoms with van der Waals surface area (Å²) in [4.78, 5) is 13.5. The van der Waals surface area contributed by atoms with Crippen LogP contribution in [0.2, 0.25) is 0 Å². The molecule has 0 aromatic carbocycles. The Morgan fingerprint density at radius 3 is 1.85 bits per heavy atom. The number of rotatable bonds is 3. The second-order valence-electron chi connectivity index (χ2n) is 5.45. The van der Waals surface area contributed by atoms with Crippen LogP contribution in [0, 0.1) is 0 Å². The highest BCUT2D eigenvalue weighted by Crippen LogP contribution is 2.37. The van der Waals surface area contributed by atoms with E-state index in [1.165, 1.54) is 0 Å². The highest BCUT2D eigenvalue weighted by molar-refractivity contribution is 5.84. The van der Waals surface area contributed by atoms with E-state index in [9.17, 15) is 31.9 Å². The van der Waals surface area contributed by atoms with Gasteiger partial charge in [-0.3, -0.25) is 9.69 Å². The molecule has 1 aliphatic rings. The largest absolute Gasteiger partial charge is 0.463 e. The van der Waals surface area contributed by atoms with Crippen molar-refractivity contribution in [2.75, 3.05) is 32.7 Å². The number of aliphatic hydroxyl groups is 1. The molecular weight excluding hydrogens is 287 g/mol. The summed E-state index contributed by atoms with van der Waals surface area (Å²) in [5, 5.41) is 9.59. The maximum atomic E-state index is 12.9. The molecule has 4 nitrogen and oxygen atoms in total. The Morgan fingerprint density at radius 1 is 1.05 bits per heavy atom. The van der Waals surface area contributed by atoms with Gasteiger partial charge in [0.05, 0.1) is 5.60 Å². The molecule has 0 atom stereocenters. The molecule has 1 fully saturated rings. The molecule has 1 aliphatic heterocycles. The third-order valence-electron chi connectivity index (χ3n) is 2.89. The van der Waals surface area contributed by atoms with E-state index in [1.54, 1.807) is 18.7 Å². The van der Waals surface area contributed by atoms with E-state index >= 15 is 0 Å². The van der Waals surface area contributed by atoms with Crippen molar-refractivity contribution >= 4 is 5.91 Å². The van der Waals surface area contributed by atoms with Crippen molar-refractivity contribution in [1.82, 2.24) is 9.80 Å². The van der Waals surface area contributed by atoms with Gasteiger partial charge < -0.3 is 10.0 Å². The lowest BCUT2D eigenvalue weighted by Gasteiger charge is -2.38. The van der Waals surface area contributed by atoms with Gasteiger partial charge in [0.25, 0.3) is 0 Å². The molecule has 0 aliphatic carbocycles. The van der Waals surface area contributed by atoms with Gasteiger partial charge in [0.1, 0.15) is 0 Å². The van der Waals surface area contributed by atoms with Gasteiger partial charge in [-0.05, 0) is 13.8 Å². The standard InChI is InChI=1S/C11H17F5N2O2/c1-9(2,20)7-17-3-5-18(6-4-17)8(19)10(12,13)11(14,15)16/h20H,3-7H2,1-2H3. The number of β-amino-alcohol motifs (C(OH)–C–C–N with tert-alkyl or cyclic N) is 1. The monoisotopic (exact) mass is 304 g/mol. The van der Waals surface area contributed by atoms with E-state index < -0.39 is 23.6 Å². The van der Waals surface area contributed by atoms with Gasteiger partial charge in [0.2, 0.25) is 0 Å². The van der Waals surface area contributed by atoms with Crippen molar-refractivity contribution in [3.05, 3.63) is 0 Å². The van der Waals surface area contributed by atoms with E-state index in [4.69, 9.17) is 0 Å². The van der Waals surface area contributed by atoms with Crippen LogP contribution in [0.4, 0.5) is 22.0 Å². The summed E-state index contributed by atoms with van der Waals surface area (Å²) < 4.78 is 62.1. The average molecular weight is 304 g/mol. The van der Waals surface area contributed by atoms with E-state index in [0.717, 1.165) is 0 Å². The van der Waals surface area contributed by atoms with Gasteiger partial charge in [0, 0.05) is 32.7 Å². The van der Waals surface area contributed by atoms with E-state index in [1.807, 2.05) is 0 Å². The number of alkyl halides is 5. The van der Waals surface area contributed by atoms with Crippen molar-refractivity contribution in [1.29, 1.82) is 0 Å². The number of hydrogen-bond donors (Lipinski definition) is 1. The fourth-order valence-corrected chi connectivity index (χ4v) is 1.98. The van der Waals surface area contributed by atoms with Crippen LogP contribution >= 0.6 is 0 Å². The fraction of sp³-hybridized carbons (Fsp3) is 0.909. The van der Waals surface area contributed by atoms with E-state index in [2.05, 4.69) is 0 Å². The maximum Gasteiger partial charge on any atom is 0.463 e. The molecule has 1 amide bonds. The Hall–Kier alpha value is -0.960. The first-order valence-electron chi connectivity index (χ1n) is 6.03. The number of carbonyl (C=O) groups is 1. The van der Waals surface area contributed by atoms with Crippen molar-refractivity contribution in [3.8, 4) is 0 Å². The molecule has 1 heterocycles. The molecule has 0 saturated carbocycles. The molecule has 0 bridgehead atoms. The number of halogens is 5. The molecule has 0 spiro atoms. The zero-order chi connectivity index (χ0) is 15.8. The minimum Gasteiger partial charge on any atom is -0.389 e. The van der Waals surface area contributed by atoms with Crippen LogP contribution in [0.5, 0.6) is 0 Å². The Bertz CT molecular complexity index is 357. The van der Waals surface area contributed by atoms with E-state index in [-0.39, 0.29) is 32.7 Å². The quantitative estimate of drug-likeness (QED) is 0.794. The van der Waals surface area contributed by atoms with Gasteiger partial charge >= 0.3 is 18.0 Å². The molecule has 9 heteroatoms. The highest BCUT2D eigenvalue weighted by atomic mass is 19.4. The van der Waals surface area contributed by atoms with Crippen molar-refractivity contribution in [3.63, 3.8) is 0 Å². The van der Waals surface area contributed by atoms with Gasteiger partial charge in [-0.25, -0.2) is 0 Å². The average Bonchev–Trinajstić information content (AvgIpc) is 2.25. The third-order valence-corrected chi connectivity index (χ3v) is 2.89. The predicted octanol–water partition coefficient (Wildman–Crippen LogP) is 1.10. The predicted molar refractivity (Wildman–Crippen MR) is 60.3 cm³/mol. The summed E-state index contributed by atoms with van der Waals surface area (Å²) in [5.74, 6) is -7.57. The van der Waals surface area contributed by atoms with Crippen molar-refractivity contribution in [2.24, 2.45) is 0 Å². The minimum atomic E-state index is -5.88. The lowest BCUT2D eigenvalue weighted by atomic mass is 10.1. The van der Waals surface area contributed by atoms with Gasteiger partial charge in [-0.2, -0.15) is 22.0 Å². The molecule has 0 aromatic heterocycles. The van der Waals surface area contributed by atoms with Gasteiger partial charge in [-0.15, -0.1) is 0 Å². The lowest BCUT2D eigenvalue weighted by molar-refractivity contribution is -0.274. The topological polar surface area (TPSA) is 43.8 Å². The summed E-state index contributed by atoms with van der Waals surface area (Å²) in [6, 6.07) is 0. The molecule has 1 rings (SSSR count). The molecule has 1 saturated heterocycles. The second-order valence-corrected chi connectivity index (χ2v) is 5.45. The third kappa shape index (κ3) is 4.02. The highest BCUT2D eigenvalue weighted by Gasteiger charge is 2.64. The molecule has 0 aromatic rings. The smallest absolute Gasteiger partial charge is 0.389 e. The maximum absolute atomic E-state index is 12.9. The summed E-state index contributed by atoms with van der Waals surface area (Å²) in [6.07, 6.45) is -5.88. The SMILES string of the molecule is CC(C)(O)CN1CCN(C(=O)C(F)(F)C(F)(F)F)CC1. The van der Waals surface area contributed by atoms with Crippen LogP contribution in [0.1, 0.15) is 13.8 Å². The van der Waals surface area contributed by atoms with Gasteiger partial charge in [-0.1, -0.05) is 0 Å². The lowest BCUT2D eigenvalue weighted by Crippen LogP contribution is -2.58. The number of nitrogens with zero attached hydrogens (tertiary/aromatic N) is 2. The van der Waals surface area contributed by atoms with Gasteiger partial charge in [0.15, 0.2) is 0 Å². The Kier molecular flexibility index (Phi) is 4.65. The summed E-state index contributed by atoms with van der Waals surface area (Å²) in [6.45, 7) is 3.21. The molecule has 20 heavy (non-hydrogen) atoms. The van der Waals surface area contributed by atoms with Crippen LogP contribution in [0.3, 0.4) is 0 Å². The second kappa shape index (κ2) is 5.44. The van der Waals surface area contributed by atoms with Crippen LogP contribution in [0.15, 0.2) is 0 Å². The molecule has 1 N–H and O–H groups in total. The summed E-state index contributed by atoms with van der Waals surface area (Å²) in [7, 11) is 0. The first-order valence-corrected chi connectivity index (χ1v) is 6.03. The van der Waals surface area contributed by atoms with Crippen LogP contribution in [-0.2, 0) is 4.79 Å². The van der Waals surface area contributed by atoms with Crippen LogP contribution < -0.4 is 0 Å². The first-order chi connectivity index (χ1) is 8.84. The minimum absolute atomic E-state index is 0.143. The number of piperazine rings is 1. The zero-order valence-corrected chi connectivity index (χ0v) is 11.2. The summed E-state index contributed by atoms with van der Waals surface area (Å²) >= 11 is 0. The van der Waals surface area contributed by atoms with Crippen LogP contribution in [0.25, 0.3) is 0 Å². The zero-order valence-electron chi connectivity index (χ0n) is 11.2. The number of carbonyl (C=O) groups excluding carboxylic acids is 1. The molecule has 118 valence electrons. The Morgan fingerprint density at radius 2 is 1.50 bits per heavy atom. The summed E-state index contributed by atoms with van der Waals surface area (Å²) in [5.41, 5.74) is -0.998. The normalized spacial score (nSPS) is 19.3. The molecular formula is C11H17F5N2O2. The van der Waals surface area contributed by atoms with Crippen molar-refractivity contribution in [2.45, 2.75) is 31.5 Å².